The van der Waals surface area contributed by atoms with Crippen LogP contribution in [-0.4, -0.2) is 23.0 Å². The monoisotopic (exact) mass is 254 g/mol. The highest BCUT2D eigenvalue weighted by molar-refractivity contribution is 6.26. The van der Waals surface area contributed by atoms with Crippen LogP contribution < -0.4 is 0 Å². The number of Topliss-reactive ketones (excluding diaryl/α,β-unsaturated/α-hetero) is 1. The Morgan fingerprint density at radius 3 is 2.71 bits per heavy atom. The van der Waals surface area contributed by atoms with E-state index in [0.29, 0.717) is 11.3 Å². The van der Waals surface area contributed by atoms with E-state index in [2.05, 4.69) is 0 Å². The second kappa shape index (κ2) is 4.04. The van der Waals surface area contributed by atoms with E-state index < -0.39 is 23.8 Å². The first-order valence-electron chi connectivity index (χ1n) is 5.10. The zero-order chi connectivity index (χ0) is 12.7. The van der Waals surface area contributed by atoms with Crippen molar-refractivity contribution < 1.29 is 19.4 Å². The highest BCUT2D eigenvalue weighted by atomic mass is 35.5. The first-order chi connectivity index (χ1) is 7.97. The van der Waals surface area contributed by atoms with Crippen molar-refractivity contribution in [1.82, 2.24) is 0 Å². The van der Waals surface area contributed by atoms with Crippen molar-refractivity contribution in [1.29, 1.82) is 0 Å². The van der Waals surface area contributed by atoms with Gasteiger partial charge in [-0.15, -0.1) is 0 Å². The zero-order valence-electron chi connectivity index (χ0n) is 9.36. The molecule has 1 aliphatic carbocycles. The molecular weight excluding hydrogens is 244 g/mol. The summed E-state index contributed by atoms with van der Waals surface area (Å²) in [6.07, 6.45) is 0.279. The Labute approximate surface area is 103 Å². The van der Waals surface area contributed by atoms with Crippen LogP contribution in [0.5, 0.6) is 0 Å². The van der Waals surface area contributed by atoms with E-state index in [-0.39, 0.29) is 0 Å². The summed E-state index contributed by atoms with van der Waals surface area (Å²) < 4.78 is 5.17. The van der Waals surface area contributed by atoms with Gasteiger partial charge in [-0.1, -0.05) is 11.6 Å². The molecule has 0 bridgehead atoms. The van der Waals surface area contributed by atoms with Gasteiger partial charge in [0.25, 0.3) is 6.10 Å². The maximum absolute atomic E-state index is 11.9. The number of allylic oxidation sites excluding steroid dienone is 4. The summed E-state index contributed by atoms with van der Waals surface area (Å²) in [5.74, 6) is -2.04. The lowest BCUT2D eigenvalue weighted by molar-refractivity contribution is -0.149. The highest BCUT2D eigenvalue weighted by Gasteiger charge is 2.47. The molecule has 0 aromatic heterocycles. The predicted molar refractivity (Wildman–Crippen MR) is 61.4 cm³/mol. The number of hydrogen-bond donors (Lipinski definition) is 1. The summed E-state index contributed by atoms with van der Waals surface area (Å²) in [6.45, 7) is 3.71. The number of ether oxygens (including phenoxy) is 1. The number of carboxylic acids is 1. The third-order valence-electron chi connectivity index (χ3n) is 3.12. The lowest BCUT2D eigenvalue weighted by atomic mass is 9.83. The first kappa shape index (κ1) is 11.9. The van der Waals surface area contributed by atoms with E-state index >= 15 is 0 Å². The molecule has 1 saturated heterocycles. The van der Waals surface area contributed by atoms with Crippen LogP contribution in [0.3, 0.4) is 0 Å². The summed E-state index contributed by atoms with van der Waals surface area (Å²) in [5.41, 5.74) is 3.75. The molecule has 1 fully saturated rings. The normalized spacial score (nSPS) is 30.2. The van der Waals surface area contributed by atoms with Crippen LogP contribution in [-0.2, 0) is 14.3 Å². The van der Waals surface area contributed by atoms with Crippen molar-refractivity contribution >= 4 is 23.4 Å². The smallest absolute Gasteiger partial charge is 0.352 e. The van der Waals surface area contributed by atoms with E-state index in [9.17, 15) is 9.59 Å². The van der Waals surface area contributed by atoms with E-state index in [1.807, 2.05) is 13.8 Å². The van der Waals surface area contributed by atoms with Crippen LogP contribution in [0.15, 0.2) is 34.1 Å². The van der Waals surface area contributed by atoms with Gasteiger partial charge < -0.3 is 9.84 Å². The average Bonchev–Trinajstić information content (AvgIpc) is 2.58. The number of aliphatic carboxylic acids is 1. The molecule has 5 heteroatoms. The third-order valence-corrected chi connectivity index (χ3v) is 3.35. The number of carbonyl (C=O) groups excluding carboxylic acids is 1. The molecule has 2 unspecified atom stereocenters. The summed E-state index contributed by atoms with van der Waals surface area (Å²) in [7, 11) is 0. The topological polar surface area (TPSA) is 63.6 Å². The van der Waals surface area contributed by atoms with Crippen molar-refractivity contribution in [2.75, 3.05) is 0 Å². The van der Waals surface area contributed by atoms with Crippen molar-refractivity contribution in [3.8, 4) is 0 Å². The van der Waals surface area contributed by atoms with Gasteiger partial charge in [0, 0.05) is 5.54 Å². The molecule has 90 valence electrons. The predicted octanol–water partition coefficient (Wildman–Crippen LogP) is 2.01. The lowest BCUT2D eigenvalue weighted by Gasteiger charge is -2.20. The maximum Gasteiger partial charge on any atom is 0.352 e. The standard InChI is InChI=1S/C12H11ClO4/c1-5-3-8-9(7(4-13)6(5)2)10(14)11(17-8)12(15)16/h3-4,9,11H,1-2H3,(H,15,16). The minimum absolute atomic E-state index is 0.373. The maximum atomic E-state index is 11.9. The fourth-order valence-electron chi connectivity index (χ4n) is 2.06. The molecule has 0 saturated carbocycles. The number of carbonyl (C=O) groups is 2. The summed E-state index contributed by atoms with van der Waals surface area (Å²) >= 11 is 5.72. The van der Waals surface area contributed by atoms with Crippen LogP contribution in [0.4, 0.5) is 0 Å². The third kappa shape index (κ3) is 1.69. The van der Waals surface area contributed by atoms with E-state index in [4.69, 9.17) is 21.4 Å². The Bertz CT molecular complexity index is 499. The number of ketones is 1. The zero-order valence-corrected chi connectivity index (χ0v) is 10.1. The largest absolute Gasteiger partial charge is 0.478 e. The fourth-order valence-corrected chi connectivity index (χ4v) is 2.35. The minimum atomic E-state index is -1.42. The SMILES string of the molecule is CC1=C(C)C(=CCl)C2C(=O)C(C(=O)O)OC2=C1. The van der Waals surface area contributed by atoms with Gasteiger partial charge >= 0.3 is 5.97 Å². The second-order valence-corrected chi connectivity index (χ2v) is 4.31. The molecule has 0 radical (unpaired) electrons. The van der Waals surface area contributed by atoms with E-state index in [0.717, 1.165) is 11.1 Å². The molecule has 1 heterocycles. The number of halogens is 1. The van der Waals surface area contributed by atoms with Crippen LogP contribution >= 0.6 is 11.6 Å². The van der Waals surface area contributed by atoms with Gasteiger partial charge in [0.1, 0.15) is 11.7 Å². The molecule has 0 aromatic rings. The van der Waals surface area contributed by atoms with Gasteiger partial charge in [0.05, 0.1) is 0 Å². The lowest BCUT2D eigenvalue weighted by Crippen LogP contribution is -2.29. The van der Waals surface area contributed by atoms with Gasteiger partial charge in [-0.25, -0.2) is 4.79 Å². The Morgan fingerprint density at radius 2 is 2.18 bits per heavy atom. The highest BCUT2D eigenvalue weighted by Crippen LogP contribution is 2.41. The fraction of sp³-hybridized carbons (Fsp3) is 0.333. The quantitative estimate of drug-likeness (QED) is 0.727. The molecule has 2 rings (SSSR count). The van der Waals surface area contributed by atoms with Crippen molar-refractivity contribution in [2.24, 2.45) is 5.92 Å². The molecule has 0 spiro atoms. The molecule has 0 amide bonds. The Morgan fingerprint density at radius 1 is 1.53 bits per heavy atom. The van der Waals surface area contributed by atoms with Crippen LogP contribution in [0, 0.1) is 5.92 Å². The molecule has 1 aliphatic heterocycles. The van der Waals surface area contributed by atoms with Gasteiger partial charge in [0.2, 0.25) is 0 Å². The molecular formula is C12H11ClO4. The van der Waals surface area contributed by atoms with Gasteiger partial charge in [-0.05, 0) is 36.6 Å². The minimum Gasteiger partial charge on any atom is -0.478 e. The Kier molecular flexibility index (Phi) is 2.83. The van der Waals surface area contributed by atoms with Gasteiger partial charge in [0.15, 0.2) is 5.78 Å². The molecule has 17 heavy (non-hydrogen) atoms. The van der Waals surface area contributed by atoms with Gasteiger partial charge in [-0.3, -0.25) is 4.79 Å². The molecule has 0 aromatic carbocycles. The molecule has 2 aliphatic rings. The number of fused-ring (bicyclic) bond motifs is 1. The van der Waals surface area contributed by atoms with Crippen molar-refractivity contribution in [3.63, 3.8) is 0 Å². The Hall–Kier alpha value is -1.55. The summed E-state index contributed by atoms with van der Waals surface area (Å²) in [5, 5.41) is 8.88. The number of carboxylic acid groups (broad SMARTS) is 1. The second-order valence-electron chi connectivity index (χ2n) is 4.09. The van der Waals surface area contributed by atoms with Crippen LogP contribution in [0.25, 0.3) is 0 Å². The first-order valence-corrected chi connectivity index (χ1v) is 5.54. The van der Waals surface area contributed by atoms with Gasteiger partial charge in [-0.2, -0.15) is 0 Å². The van der Waals surface area contributed by atoms with E-state index in [1.54, 1.807) is 6.08 Å². The molecule has 2 atom stereocenters. The molecule has 1 N–H and O–H groups in total. The van der Waals surface area contributed by atoms with Crippen LogP contribution in [0.2, 0.25) is 0 Å². The summed E-state index contributed by atoms with van der Waals surface area (Å²) in [4.78, 5) is 22.8. The summed E-state index contributed by atoms with van der Waals surface area (Å²) in [6, 6.07) is 0. The van der Waals surface area contributed by atoms with E-state index in [1.165, 1.54) is 5.54 Å². The number of rotatable bonds is 1. The Balaban J connectivity index is 2.49. The van der Waals surface area contributed by atoms with Crippen molar-refractivity contribution in [3.05, 3.63) is 34.1 Å². The number of hydrogen-bond acceptors (Lipinski definition) is 3. The average molecular weight is 255 g/mol. The molecule has 4 nitrogen and oxygen atoms in total. The van der Waals surface area contributed by atoms with Crippen LogP contribution in [0.1, 0.15) is 13.8 Å². The van der Waals surface area contributed by atoms with Crippen molar-refractivity contribution in [2.45, 2.75) is 20.0 Å².